The molecule has 154 valence electrons. The maximum atomic E-state index is 12.4. The van der Waals surface area contributed by atoms with E-state index in [1.807, 2.05) is 0 Å². The minimum absolute atomic E-state index is 0.116. The molecule has 1 aliphatic heterocycles. The van der Waals surface area contributed by atoms with Gasteiger partial charge in [0.1, 0.15) is 12.0 Å². The van der Waals surface area contributed by atoms with Crippen LogP contribution in [-0.4, -0.2) is 37.7 Å². The Morgan fingerprint density at radius 3 is 3.00 bits per heavy atom. The van der Waals surface area contributed by atoms with Gasteiger partial charge in [-0.1, -0.05) is 11.2 Å². The van der Waals surface area contributed by atoms with Crippen molar-refractivity contribution in [1.82, 2.24) is 14.5 Å². The lowest BCUT2D eigenvalue weighted by Gasteiger charge is -2.19. The number of azide groups is 1. The number of hydrogen-bond donors (Lipinski definition) is 3. The molecule has 2 aromatic rings. The van der Waals surface area contributed by atoms with Crippen LogP contribution in [0.2, 0.25) is 0 Å². The number of anilines is 1. The second-order valence-corrected chi connectivity index (χ2v) is 8.73. The first-order valence-corrected chi connectivity index (χ1v) is 10.7. The second-order valence-electron chi connectivity index (χ2n) is 6.66. The Bertz CT molecular complexity index is 1080. The van der Waals surface area contributed by atoms with Crippen LogP contribution < -0.4 is 16.3 Å². The molecule has 4 atom stereocenters. The van der Waals surface area contributed by atoms with E-state index in [2.05, 4.69) is 25.1 Å². The topological polar surface area (TPSA) is 175 Å². The van der Waals surface area contributed by atoms with Gasteiger partial charge in [0, 0.05) is 35.5 Å². The van der Waals surface area contributed by atoms with E-state index >= 15 is 0 Å². The Kier molecular flexibility index (Phi) is 6.19. The minimum Gasteiger partial charge on any atom is -0.354 e. The monoisotopic (exact) mass is 421 g/mol. The highest BCUT2D eigenvalue weighted by atomic mass is 31.2. The first kappa shape index (κ1) is 20.8. The van der Waals surface area contributed by atoms with E-state index in [0.29, 0.717) is 5.56 Å². The lowest BCUT2D eigenvalue weighted by Crippen LogP contribution is -2.33. The standard InChI is InChI=1S/C16H20N7O5P/c1-10-9-23(16(25)19-15(10)24)14-8-11(20-22-17)12(28-14)5-7-29(26,27)21-13-4-2-3-6-18-13/h2-4,6,9,11-12,14H,5,7-8H2,1H3,(H,19,24,25)(H2,18,21,26,27)/t11-,12+,14+/m0/s1. The molecule has 0 radical (unpaired) electrons. The average molecular weight is 421 g/mol. The highest BCUT2D eigenvalue weighted by Gasteiger charge is 2.37. The lowest BCUT2D eigenvalue weighted by atomic mass is 10.1. The van der Waals surface area contributed by atoms with E-state index in [-0.39, 0.29) is 24.8 Å². The first-order chi connectivity index (χ1) is 13.8. The number of aromatic nitrogens is 3. The van der Waals surface area contributed by atoms with Gasteiger partial charge >= 0.3 is 5.69 Å². The van der Waals surface area contributed by atoms with Gasteiger partial charge in [0.25, 0.3) is 13.1 Å². The van der Waals surface area contributed by atoms with E-state index in [1.54, 1.807) is 25.1 Å². The number of aryl methyl sites for hydroxylation is 1. The molecule has 1 fully saturated rings. The predicted molar refractivity (Wildman–Crippen MR) is 105 cm³/mol. The molecule has 2 aromatic heterocycles. The van der Waals surface area contributed by atoms with Gasteiger partial charge in [-0.05, 0) is 31.0 Å². The van der Waals surface area contributed by atoms with E-state index in [9.17, 15) is 19.0 Å². The molecule has 1 aliphatic rings. The summed E-state index contributed by atoms with van der Waals surface area (Å²) in [4.78, 5) is 42.8. The van der Waals surface area contributed by atoms with Crippen LogP contribution in [0.3, 0.4) is 0 Å². The van der Waals surface area contributed by atoms with E-state index < -0.39 is 37.1 Å². The molecule has 1 saturated heterocycles. The highest BCUT2D eigenvalue weighted by Crippen LogP contribution is 2.43. The quantitative estimate of drug-likeness (QED) is 0.265. The van der Waals surface area contributed by atoms with Crippen LogP contribution >= 0.6 is 7.52 Å². The number of nitrogens with one attached hydrogen (secondary N) is 2. The van der Waals surface area contributed by atoms with Crippen molar-refractivity contribution in [3.8, 4) is 0 Å². The molecule has 0 spiro atoms. The highest BCUT2D eigenvalue weighted by molar-refractivity contribution is 7.59. The van der Waals surface area contributed by atoms with Crippen molar-refractivity contribution in [3.63, 3.8) is 0 Å². The normalized spacial score (nSPS) is 23.2. The first-order valence-electron chi connectivity index (χ1n) is 8.82. The third kappa shape index (κ3) is 5.12. The fourth-order valence-electron chi connectivity index (χ4n) is 3.10. The van der Waals surface area contributed by atoms with E-state index in [4.69, 9.17) is 10.3 Å². The molecule has 12 nitrogen and oxygen atoms in total. The Morgan fingerprint density at radius 2 is 2.31 bits per heavy atom. The van der Waals surface area contributed by atoms with Gasteiger partial charge in [-0.25, -0.2) is 9.78 Å². The van der Waals surface area contributed by atoms with Gasteiger partial charge in [0.15, 0.2) is 0 Å². The number of ether oxygens (including phenoxy) is 1. The Labute approximate surface area is 164 Å². The Hall–Kier alpha value is -2.91. The van der Waals surface area contributed by atoms with Gasteiger partial charge in [-0.2, -0.15) is 0 Å². The number of pyridine rings is 1. The Morgan fingerprint density at radius 1 is 1.52 bits per heavy atom. The maximum Gasteiger partial charge on any atom is 0.330 e. The number of aromatic amines is 1. The van der Waals surface area contributed by atoms with Crippen LogP contribution in [0.15, 0.2) is 45.3 Å². The van der Waals surface area contributed by atoms with Crippen molar-refractivity contribution in [2.75, 3.05) is 11.2 Å². The number of H-pyrrole nitrogens is 1. The third-order valence-corrected chi connectivity index (χ3v) is 5.97. The molecule has 0 amide bonds. The van der Waals surface area contributed by atoms with Crippen LogP contribution in [0.25, 0.3) is 10.4 Å². The average Bonchev–Trinajstić information content (AvgIpc) is 3.06. The molecule has 0 bridgehead atoms. The molecular weight excluding hydrogens is 401 g/mol. The lowest BCUT2D eigenvalue weighted by molar-refractivity contribution is -0.00402. The summed E-state index contributed by atoms with van der Waals surface area (Å²) in [5, 5.41) is 6.20. The maximum absolute atomic E-state index is 12.4. The van der Waals surface area contributed by atoms with Gasteiger partial charge in [0.05, 0.1) is 12.1 Å². The van der Waals surface area contributed by atoms with Crippen molar-refractivity contribution in [1.29, 1.82) is 0 Å². The predicted octanol–water partition coefficient (Wildman–Crippen LogP) is 1.89. The summed E-state index contributed by atoms with van der Waals surface area (Å²) in [7, 11) is -3.77. The largest absolute Gasteiger partial charge is 0.354 e. The van der Waals surface area contributed by atoms with Gasteiger partial charge in [-0.3, -0.25) is 24.0 Å². The van der Waals surface area contributed by atoms with Crippen LogP contribution in [0.1, 0.15) is 24.6 Å². The van der Waals surface area contributed by atoms with Crippen molar-refractivity contribution in [3.05, 3.63) is 67.4 Å². The SMILES string of the molecule is Cc1cn([C@H]2C[C@H](N=[N+]=[N-])[C@@H](CCP(=O)(O)Nc3ccccn3)O2)c(=O)[nH]c1=O. The zero-order valence-corrected chi connectivity index (χ0v) is 16.4. The van der Waals surface area contributed by atoms with Gasteiger partial charge in [-0.15, -0.1) is 0 Å². The van der Waals surface area contributed by atoms with E-state index in [0.717, 1.165) is 0 Å². The van der Waals surface area contributed by atoms with Crippen LogP contribution in [0, 0.1) is 6.92 Å². The molecule has 3 heterocycles. The second kappa shape index (κ2) is 8.62. The molecule has 0 saturated carbocycles. The summed E-state index contributed by atoms with van der Waals surface area (Å²) in [6.45, 7) is 1.55. The zero-order chi connectivity index (χ0) is 21.0. The summed E-state index contributed by atoms with van der Waals surface area (Å²) in [5.74, 6) is 0.269. The van der Waals surface area contributed by atoms with Crippen molar-refractivity contribution < 1.29 is 14.2 Å². The van der Waals surface area contributed by atoms with Crippen LogP contribution in [-0.2, 0) is 9.30 Å². The third-order valence-electron chi connectivity index (χ3n) is 4.53. The molecule has 0 aliphatic carbocycles. The Balaban J connectivity index is 1.72. The minimum atomic E-state index is -3.77. The van der Waals surface area contributed by atoms with Crippen molar-refractivity contribution >= 4 is 13.3 Å². The zero-order valence-electron chi connectivity index (χ0n) is 15.5. The fourth-order valence-corrected chi connectivity index (χ4v) is 4.31. The molecule has 29 heavy (non-hydrogen) atoms. The number of hydrogen-bond acceptors (Lipinski definition) is 6. The fraction of sp³-hybridized carbons (Fsp3) is 0.438. The summed E-state index contributed by atoms with van der Waals surface area (Å²) >= 11 is 0. The van der Waals surface area contributed by atoms with Crippen molar-refractivity contribution in [2.45, 2.75) is 38.1 Å². The molecule has 3 rings (SSSR count). The van der Waals surface area contributed by atoms with Gasteiger partial charge < -0.3 is 9.63 Å². The molecule has 3 N–H and O–H groups in total. The summed E-state index contributed by atoms with van der Waals surface area (Å²) < 4.78 is 19.5. The molecule has 0 aromatic carbocycles. The van der Waals surface area contributed by atoms with Gasteiger partial charge in [0.2, 0.25) is 0 Å². The van der Waals surface area contributed by atoms with E-state index in [1.165, 1.54) is 17.0 Å². The van der Waals surface area contributed by atoms with Crippen LogP contribution in [0.5, 0.6) is 0 Å². The number of nitrogens with zero attached hydrogens (tertiary/aromatic N) is 5. The molecule has 1 unspecified atom stereocenters. The van der Waals surface area contributed by atoms with Crippen LogP contribution in [0.4, 0.5) is 5.82 Å². The summed E-state index contributed by atoms with van der Waals surface area (Å²) in [5.41, 5.74) is 8.02. The molecular formula is C16H20N7O5P. The summed E-state index contributed by atoms with van der Waals surface area (Å²) in [6.07, 6.45) is 1.60. The summed E-state index contributed by atoms with van der Waals surface area (Å²) in [6, 6.07) is 4.31. The number of rotatable bonds is 7. The smallest absolute Gasteiger partial charge is 0.330 e. The van der Waals surface area contributed by atoms with Crippen molar-refractivity contribution in [2.24, 2.45) is 5.11 Å². The molecule has 13 heteroatoms.